The van der Waals surface area contributed by atoms with Gasteiger partial charge in [0.2, 0.25) is 11.4 Å². The average molecular weight is 896 g/mol. The molecule has 0 radical (unpaired) electrons. The standard InChI is InChI=1S/C27H35N3O6.C22H26N2O5/c1-4-5-6-7-17-8-10-18(11-9-17)21-12-19-14-30(27(33)29-25(19)36-21)23-13-20(31)22(35-23)15-34-26(32)24(28)16(2)3;1-2-3-4-5-14-6-8-15(9-7-14)18-10-16-12-24(22(27)23-21(16)29-18)20-11-17(26)19(13-25)28-20/h8-12,14,16,20,22-24,31H,4-7,13,15,28H2,1-3H3;6-10,12,17,19-20,25-26H,2-5,11,13H2,1H3/t20?,22-,23-,24?;17?,19-,20-/m11/s1. The van der Waals surface area contributed by atoms with Crippen molar-refractivity contribution in [2.75, 3.05) is 13.2 Å². The lowest BCUT2D eigenvalue weighted by Crippen LogP contribution is -2.39. The fraction of sp³-hybridized carbons (Fsp3) is 0.490. The first-order chi connectivity index (χ1) is 31.3. The maximum absolute atomic E-state index is 12.7. The minimum atomic E-state index is -0.906. The number of aliphatic hydroxyl groups is 3. The third-order valence-electron chi connectivity index (χ3n) is 12.1. The van der Waals surface area contributed by atoms with Crippen LogP contribution >= 0.6 is 0 Å². The lowest BCUT2D eigenvalue weighted by molar-refractivity contribution is -0.152. The van der Waals surface area contributed by atoms with Gasteiger partial charge in [-0.05, 0) is 54.9 Å². The summed E-state index contributed by atoms with van der Waals surface area (Å²) >= 11 is 0. The number of esters is 1. The molecule has 0 saturated carbocycles. The second-order valence-corrected chi connectivity index (χ2v) is 17.4. The van der Waals surface area contributed by atoms with E-state index in [4.69, 9.17) is 28.8 Å². The highest BCUT2D eigenvalue weighted by Crippen LogP contribution is 2.33. The van der Waals surface area contributed by atoms with Crippen molar-refractivity contribution in [3.63, 3.8) is 0 Å². The van der Waals surface area contributed by atoms with E-state index in [1.54, 1.807) is 12.4 Å². The predicted octanol–water partition coefficient (Wildman–Crippen LogP) is 6.59. The predicted molar refractivity (Wildman–Crippen MR) is 244 cm³/mol. The number of carbonyl (C=O) groups excluding carboxylic acids is 1. The number of aryl methyl sites for hydroxylation is 2. The van der Waals surface area contributed by atoms with Gasteiger partial charge < -0.3 is 44.1 Å². The summed E-state index contributed by atoms with van der Waals surface area (Å²) in [5, 5.41) is 30.9. The molecule has 16 nitrogen and oxygen atoms in total. The van der Waals surface area contributed by atoms with Gasteiger partial charge in [-0.2, -0.15) is 9.97 Å². The summed E-state index contributed by atoms with van der Waals surface area (Å²) in [5.41, 5.74) is 9.66. The molecular formula is C49H61N5O11. The van der Waals surface area contributed by atoms with E-state index in [1.165, 1.54) is 58.8 Å². The van der Waals surface area contributed by atoms with Gasteiger partial charge in [-0.25, -0.2) is 9.59 Å². The van der Waals surface area contributed by atoms with E-state index in [0.29, 0.717) is 22.3 Å². The topological polar surface area (TPSA) is 228 Å². The number of nitrogens with zero attached hydrogens (tertiary/aromatic N) is 4. The van der Waals surface area contributed by atoms with Gasteiger partial charge in [0.15, 0.2) is 0 Å². The summed E-state index contributed by atoms with van der Waals surface area (Å²) in [4.78, 5) is 45.3. The maximum Gasteiger partial charge on any atom is 0.353 e. The molecule has 0 spiro atoms. The summed E-state index contributed by atoms with van der Waals surface area (Å²) in [6, 6.07) is 19.4. The summed E-state index contributed by atoms with van der Waals surface area (Å²) in [6.07, 6.45) is 8.37. The van der Waals surface area contributed by atoms with Crippen LogP contribution in [-0.4, -0.2) is 84.1 Å². The fourth-order valence-corrected chi connectivity index (χ4v) is 8.00. The molecule has 0 aliphatic carbocycles. The van der Waals surface area contributed by atoms with Crippen LogP contribution in [0, 0.1) is 5.92 Å². The van der Waals surface area contributed by atoms with Crippen LogP contribution in [0.4, 0.5) is 0 Å². The molecule has 5 N–H and O–H groups in total. The number of hydrogen-bond acceptors (Lipinski definition) is 14. The third-order valence-corrected chi connectivity index (χ3v) is 12.1. The van der Waals surface area contributed by atoms with E-state index < -0.39 is 60.3 Å². The van der Waals surface area contributed by atoms with Crippen LogP contribution in [0.5, 0.6) is 0 Å². The molecule has 348 valence electrons. The molecule has 2 fully saturated rings. The summed E-state index contributed by atoms with van der Waals surface area (Å²) in [6.45, 7) is 7.59. The number of furan rings is 2. The van der Waals surface area contributed by atoms with Crippen molar-refractivity contribution in [2.24, 2.45) is 11.7 Å². The van der Waals surface area contributed by atoms with Crippen LogP contribution in [0.2, 0.25) is 0 Å². The number of nitrogens with two attached hydrogens (primary N) is 1. The van der Waals surface area contributed by atoms with Crippen molar-refractivity contribution < 1.29 is 43.2 Å². The molecule has 4 aromatic heterocycles. The van der Waals surface area contributed by atoms with Gasteiger partial charge in [0.1, 0.15) is 48.8 Å². The first-order valence-electron chi connectivity index (χ1n) is 22.8. The van der Waals surface area contributed by atoms with Crippen molar-refractivity contribution in [1.82, 2.24) is 19.1 Å². The van der Waals surface area contributed by atoms with E-state index in [-0.39, 0.29) is 43.4 Å². The van der Waals surface area contributed by atoms with Crippen molar-refractivity contribution in [3.05, 3.63) is 105 Å². The Balaban J connectivity index is 0.000000198. The van der Waals surface area contributed by atoms with Gasteiger partial charge in [-0.3, -0.25) is 13.9 Å². The fourth-order valence-electron chi connectivity index (χ4n) is 8.00. The molecule has 2 aromatic carbocycles. The molecule has 6 heterocycles. The van der Waals surface area contributed by atoms with Gasteiger partial charge >= 0.3 is 17.3 Å². The summed E-state index contributed by atoms with van der Waals surface area (Å²) < 4.78 is 31.0. The Morgan fingerprint density at radius 1 is 0.738 bits per heavy atom. The number of carbonyl (C=O) groups is 1. The quantitative estimate of drug-likeness (QED) is 0.0560. The van der Waals surface area contributed by atoms with Gasteiger partial charge in [0.05, 0.1) is 29.6 Å². The van der Waals surface area contributed by atoms with Gasteiger partial charge in [0, 0.05) is 36.4 Å². The highest BCUT2D eigenvalue weighted by Gasteiger charge is 2.38. The number of aromatic nitrogens is 4. The van der Waals surface area contributed by atoms with Crippen molar-refractivity contribution >= 4 is 28.2 Å². The van der Waals surface area contributed by atoms with E-state index in [0.717, 1.165) is 24.0 Å². The molecule has 65 heavy (non-hydrogen) atoms. The Morgan fingerprint density at radius 2 is 1.18 bits per heavy atom. The molecule has 0 bridgehead atoms. The van der Waals surface area contributed by atoms with E-state index in [1.807, 2.05) is 50.2 Å². The van der Waals surface area contributed by atoms with Crippen LogP contribution in [0.1, 0.15) is 103 Å². The zero-order chi connectivity index (χ0) is 46.2. The molecular weight excluding hydrogens is 835 g/mol. The third kappa shape index (κ3) is 11.5. The SMILES string of the molecule is CCCCCc1ccc(-c2cc3cn([C@H]4CC(O)[C@@H](CO)O4)c(=O)nc3o2)cc1.CCCCCc1ccc(-c2cc3cn([C@H]4CC(O)[C@@H](COC(=O)C(N)C(C)C)O4)c(=O)nc3o2)cc1. The Morgan fingerprint density at radius 3 is 1.60 bits per heavy atom. The number of rotatable bonds is 17. The average Bonchev–Trinajstić information content (AvgIpc) is 4.10. The number of benzene rings is 2. The van der Waals surface area contributed by atoms with Crippen LogP contribution in [-0.2, 0) is 31.8 Å². The van der Waals surface area contributed by atoms with Crippen LogP contribution in [0.3, 0.4) is 0 Å². The highest BCUT2D eigenvalue weighted by molar-refractivity contribution is 5.80. The Labute approximate surface area is 377 Å². The molecule has 7 atom stereocenters. The van der Waals surface area contributed by atoms with Crippen molar-refractivity contribution in [1.29, 1.82) is 0 Å². The normalized spacial score (nSPS) is 21.2. The smallest absolute Gasteiger partial charge is 0.353 e. The minimum Gasteiger partial charge on any atom is -0.462 e. The Bertz CT molecular complexity index is 2620. The summed E-state index contributed by atoms with van der Waals surface area (Å²) in [7, 11) is 0. The second kappa shape index (κ2) is 21.7. The molecule has 6 aromatic rings. The second-order valence-electron chi connectivity index (χ2n) is 17.4. The van der Waals surface area contributed by atoms with Gasteiger partial charge in [-0.1, -0.05) is 102 Å². The zero-order valence-electron chi connectivity index (χ0n) is 37.5. The van der Waals surface area contributed by atoms with E-state index in [9.17, 15) is 29.7 Å². The van der Waals surface area contributed by atoms with Gasteiger partial charge in [0.25, 0.3) is 0 Å². The monoisotopic (exact) mass is 895 g/mol. The molecule has 0 amide bonds. The number of unbranched alkanes of at least 4 members (excludes halogenated alkanes) is 4. The number of aliphatic hydroxyl groups excluding tert-OH is 3. The first-order valence-corrected chi connectivity index (χ1v) is 22.8. The van der Waals surface area contributed by atoms with Crippen LogP contribution in [0.15, 0.2) is 91.5 Å². The van der Waals surface area contributed by atoms with E-state index >= 15 is 0 Å². The Hall–Kier alpha value is -5.49. The molecule has 2 aliphatic heterocycles. The van der Waals surface area contributed by atoms with Crippen LogP contribution < -0.4 is 17.1 Å². The van der Waals surface area contributed by atoms with Gasteiger partial charge in [-0.15, -0.1) is 0 Å². The molecule has 3 unspecified atom stereocenters. The molecule has 8 rings (SSSR count). The van der Waals surface area contributed by atoms with Crippen molar-refractivity contribution in [2.45, 2.75) is 135 Å². The minimum absolute atomic E-state index is 0.0698. The maximum atomic E-state index is 12.7. The number of fused-ring (bicyclic) bond motifs is 2. The first kappa shape index (κ1) is 47.5. The number of ether oxygens (including phenoxy) is 3. The lowest BCUT2D eigenvalue weighted by atomic mass is 10.0. The largest absolute Gasteiger partial charge is 0.462 e. The molecule has 16 heteroatoms. The zero-order valence-corrected chi connectivity index (χ0v) is 37.5. The van der Waals surface area contributed by atoms with E-state index in [2.05, 4.69) is 48.1 Å². The Kier molecular flexibility index (Phi) is 15.8. The van der Waals surface area contributed by atoms with Crippen molar-refractivity contribution in [3.8, 4) is 22.6 Å². The lowest BCUT2D eigenvalue weighted by Gasteiger charge is -2.18. The highest BCUT2D eigenvalue weighted by atomic mass is 16.6. The van der Waals surface area contributed by atoms with Crippen LogP contribution in [0.25, 0.3) is 44.8 Å². The molecule has 2 saturated heterocycles. The number of hydrogen-bond donors (Lipinski definition) is 4. The molecule has 2 aliphatic rings. The summed E-state index contributed by atoms with van der Waals surface area (Å²) in [5.74, 6) is 0.642.